The van der Waals surface area contributed by atoms with Crippen molar-refractivity contribution in [2.75, 3.05) is 0 Å². The number of aromatic nitrogens is 2. The molecule has 17 heavy (non-hydrogen) atoms. The number of pyridine rings is 1. The zero-order valence-electron chi connectivity index (χ0n) is 8.74. The summed E-state index contributed by atoms with van der Waals surface area (Å²) in [7, 11) is 0. The molecule has 2 nitrogen and oxygen atoms in total. The van der Waals surface area contributed by atoms with Gasteiger partial charge in [-0.1, -0.05) is 0 Å². The monoisotopic (exact) mass is 230 g/mol. The molecule has 0 saturated carbocycles. The van der Waals surface area contributed by atoms with E-state index < -0.39 is 5.95 Å². The highest BCUT2D eigenvalue weighted by molar-refractivity contribution is 5.85. The second-order valence-electron chi connectivity index (χ2n) is 3.78. The van der Waals surface area contributed by atoms with Gasteiger partial charge in [-0.3, -0.25) is 0 Å². The third kappa shape index (κ3) is 1.78. The standard InChI is InChI=1S/C13H8F2N2/c14-10-2-3-11-9(5-10)6-12(17-11)8-1-4-13(15)16-7-8/h1-7,17H. The Labute approximate surface area is 95.9 Å². The maximum Gasteiger partial charge on any atom is 0.212 e. The smallest absolute Gasteiger partial charge is 0.212 e. The fourth-order valence-electron chi connectivity index (χ4n) is 1.79. The lowest BCUT2D eigenvalue weighted by Gasteiger charge is -1.95. The Morgan fingerprint density at radius 2 is 1.88 bits per heavy atom. The largest absolute Gasteiger partial charge is 0.354 e. The number of fused-ring (bicyclic) bond motifs is 1. The van der Waals surface area contributed by atoms with E-state index in [2.05, 4.69) is 9.97 Å². The number of H-pyrrole nitrogens is 1. The number of hydrogen-bond donors (Lipinski definition) is 1. The van der Waals surface area contributed by atoms with E-state index in [0.717, 1.165) is 22.2 Å². The summed E-state index contributed by atoms with van der Waals surface area (Å²) in [4.78, 5) is 6.71. The number of rotatable bonds is 1. The number of aromatic amines is 1. The molecule has 0 aliphatic rings. The first-order valence-electron chi connectivity index (χ1n) is 5.12. The summed E-state index contributed by atoms with van der Waals surface area (Å²) in [6.45, 7) is 0. The molecule has 0 amide bonds. The van der Waals surface area contributed by atoms with Crippen molar-refractivity contribution in [2.45, 2.75) is 0 Å². The molecule has 0 atom stereocenters. The third-order valence-electron chi connectivity index (χ3n) is 2.62. The highest BCUT2D eigenvalue weighted by Gasteiger charge is 2.04. The van der Waals surface area contributed by atoms with Crippen molar-refractivity contribution in [3.63, 3.8) is 0 Å². The van der Waals surface area contributed by atoms with E-state index in [9.17, 15) is 8.78 Å². The van der Waals surface area contributed by atoms with Crippen LogP contribution in [0.3, 0.4) is 0 Å². The highest BCUT2D eigenvalue weighted by atomic mass is 19.1. The maximum absolute atomic E-state index is 13.0. The van der Waals surface area contributed by atoms with E-state index in [0.29, 0.717) is 0 Å². The van der Waals surface area contributed by atoms with Gasteiger partial charge in [0, 0.05) is 28.4 Å². The molecule has 4 heteroatoms. The molecule has 0 unspecified atom stereocenters. The van der Waals surface area contributed by atoms with Gasteiger partial charge >= 0.3 is 0 Å². The second-order valence-corrected chi connectivity index (χ2v) is 3.78. The van der Waals surface area contributed by atoms with Crippen molar-refractivity contribution in [3.05, 3.63) is 54.4 Å². The van der Waals surface area contributed by atoms with E-state index in [1.807, 2.05) is 6.07 Å². The molecule has 2 aromatic heterocycles. The molecule has 0 radical (unpaired) electrons. The minimum atomic E-state index is -0.518. The van der Waals surface area contributed by atoms with Gasteiger partial charge in [-0.05, 0) is 36.4 Å². The summed E-state index contributed by atoms with van der Waals surface area (Å²) in [6.07, 6.45) is 1.44. The van der Waals surface area contributed by atoms with Crippen molar-refractivity contribution in [3.8, 4) is 11.3 Å². The Morgan fingerprint density at radius 3 is 2.65 bits per heavy atom. The first-order valence-corrected chi connectivity index (χ1v) is 5.12. The van der Waals surface area contributed by atoms with Crippen LogP contribution in [0.2, 0.25) is 0 Å². The first-order chi connectivity index (χ1) is 8.22. The molecule has 0 aliphatic heterocycles. The summed E-state index contributed by atoms with van der Waals surface area (Å²) < 4.78 is 25.7. The number of benzene rings is 1. The average Bonchev–Trinajstić information content (AvgIpc) is 2.72. The van der Waals surface area contributed by atoms with Gasteiger partial charge in [0.1, 0.15) is 5.82 Å². The minimum absolute atomic E-state index is 0.278. The predicted molar refractivity (Wildman–Crippen MR) is 61.4 cm³/mol. The van der Waals surface area contributed by atoms with Crippen LogP contribution in [0.5, 0.6) is 0 Å². The van der Waals surface area contributed by atoms with Gasteiger partial charge in [-0.15, -0.1) is 0 Å². The van der Waals surface area contributed by atoms with Gasteiger partial charge in [0.2, 0.25) is 5.95 Å². The van der Waals surface area contributed by atoms with Crippen LogP contribution < -0.4 is 0 Å². The van der Waals surface area contributed by atoms with Crippen LogP contribution in [-0.4, -0.2) is 9.97 Å². The van der Waals surface area contributed by atoms with Gasteiger partial charge < -0.3 is 4.98 Å². The normalized spacial score (nSPS) is 10.9. The number of nitrogens with zero attached hydrogens (tertiary/aromatic N) is 1. The van der Waals surface area contributed by atoms with Crippen molar-refractivity contribution in [1.29, 1.82) is 0 Å². The molecule has 0 aliphatic carbocycles. The molecule has 84 valence electrons. The summed E-state index contributed by atoms with van der Waals surface area (Å²) >= 11 is 0. The Morgan fingerprint density at radius 1 is 1.00 bits per heavy atom. The zero-order valence-corrected chi connectivity index (χ0v) is 8.74. The van der Waals surface area contributed by atoms with Gasteiger partial charge in [-0.2, -0.15) is 4.39 Å². The van der Waals surface area contributed by atoms with Crippen molar-refractivity contribution in [1.82, 2.24) is 9.97 Å². The Bertz CT molecular complexity index is 671. The SMILES string of the molecule is Fc1ccc2[nH]c(-c3ccc(F)nc3)cc2c1. The van der Waals surface area contributed by atoms with Crippen LogP contribution >= 0.6 is 0 Å². The van der Waals surface area contributed by atoms with Gasteiger partial charge in [0.15, 0.2) is 0 Å². The lowest BCUT2D eigenvalue weighted by molar-refractivity contribution is 0.584. The summed E-state index contributed by atoms with van der Waals surface area (Å²) in [5.41, 5.74) is 2.40. The highest BCUT2D eigenvalue weighted by Crippen LogP contribution is 2.24. The van der Waals surface area contributed by atoms with E-state index in [4.69, 9.17) is 0 Å². The number of hydrogen-bond acceptors (Lipinski definition) is 1. The molecular weight excluding hydrogens is 222 g/mol. The molecule has 3 rings (SSSR count). The first kappa shape index (κ1) is 9.96. The van der Waals surface area contributed by atoms with E-state index >= 15 is 0 Å². The van der Waals surface area contributed by atoms with Gasteiger partial charge in [0.05, 0.1) is 0 Å². The number of halogens is 2. The summed E-state index contributed by atoms with van der Waals surface area (Å²) in [6, 6.07) is 9.25. The molecule has 0 saturated heterocycles. The topological polar surface area (TPSA) is 28.7 Å². The lowest BCUT2D eigenvalue weighted by Crippen LogP contribution is -1.83. The number of nitrogens with one attached hydrogen (secondary N) is 1. The Kier molecular flexibility index (Phi) is 2.14. The van der Waals surface area contributed by atoms with Crippen LogP contribution in [0.25, 0.3) is 22.2 Å². The van der Waals surface area contributed by atoms with Crippen molar-refractivity contribution < 1.29 is 8.78 Å². The van der Waals surface area contributed by atoms with Gasteiger partial charge in [-0.25, -0.2) is 9.37 Å². The average molecular weight is 230 g/mol. The second kappa shape index (κ2) is 3.66. The molecule has 0 fully saturated rings. The maximum atomic E-state index is 13.0. The fourth-order valence-corrected chi connectivity index (χ4v) is 1.79. The summed E-state index contributed by atoms with van der Waals surface area (Å²) in [5, 5.41) is 0.782. The molecule has 2 heterocycles. The molecule has 0 bridgehead atoms. The predicted octanol–water partition coefficient (Wildman–Crippen LogP) is 3.51. The molecule has 3 aromatic rings. The Hall–Kier alpha value is -2.23. The molecule has 1 aromatic carbocycles. The molecular formula is C13H8F2N2. The minimum Gasteiger partial charge on any atom is -0.354 e. The Balaban J connectivity index is 2.14. The fraction of sp³-hybridized carbons (Fsp3) is 0. The van der Waals surface area contributed by atoms with Gasteiger partial charge in [0.25, 0.3) is 0 Å². The molecule has 0 spiro atoms. The van der Waals surface area contributed by atoms with Crippen LogP contribution in [0.1, 0.15) is 0 Å². The van der Waals surface area contributed by atoms with Crippen LogP contribution in [0, 0.1) is 11.8 Å². The zero-order chi connectivity index (χ0) is 11.8. The van der Waals surface area contributed by atoms with Crippen LogP contribution in [-0.2, 0) is 0 Å². The van der Waals surface area contributed by atoms with Crippen LogP contribution in [0.15, 0.2) is 42.6 Å². The van der Waals surface area contributed by atoms with Crippen molar-refractivity contribution in [2.24, 2.45) is 0 Å². The van der Waals surface area contributed by atoms with E-state index in [1.165, 1.54) is 24.4 Å². The van der Waals surface area contributed by atoms with Crippen LogP contribution in [0.4, 0.5) is 8.78 Å². The quantitative estimate of drug-likeness (QED) is 0.637. The lowest BCUT2D eigenvalue weighted by atomic mass is 10.2. The molecule has 1 N–H and O–H groups in total. The van der Waals surface area contributed by atoms with E-state index in [1.54, 1.807) is 12.1 Å². The summed E-state index contributed by atoms with van der Waals surface area (Å²) in [5.74, 6) is -0.795. The third-order valence-corrected chi connectivity index (χ3v) is 2.62. The van der Waals surface area contributed by atoms with E-state index in [-0.39, 0.29) is 5.82 Å². The van der Waals surface area contributed by atoms with Crippen molar-refractivity contribution >= 4 is 10.9 Å².